The van der Waals surface area contributed by atoms with Gasteiger partial charge in [0.25, 0.3) is 0 Å². The van der Waals surface area contributed by atoms with Crippen LogP contribution in [-0.2, 0) is 10.0 Å². The number of hydrogen-bond donors (Lipinski definition) is 0. The van der Waals surface area contributed by atoms with Crippen molar-refractivity contribution < 1.29 is 13.2 Å². The standard InChI is InChI=1S/C20H27ClN4O4S/c1-14(2)29-19-18(23-8-10-24(11-9-23)30(27,28)15(3)4)13-22-25(20(19)26)17-7-5-6-16(21)12-17/h5-7,12-15H,8-11H2,1-4H3. The molecule has 2 aromatic rings. The zero-order valence-corrected chi connectivity index (χ0v) is 19.2. The SMILES string of the molecule is CC(C)Oc1c(N2CCN(S(=O)(=O)C(C)C)CC2)cnn(-c2cccc(Cl)c2)c1=O. The minimum Gasteiger partial charge on any atom is -0.483 e. The fourth-order valence-corrected chi connectivity index (χ4v) is 4.73. The van der Waals surface area contributed by atoms with E-state index in [1.807, 2.05) is 18.7 Å². The third-order valence-corrected chi connectivity index (χ3v) is 7.37. The minimum atomic E-state index is -3.31. The Labute approximate surface area is 182 Å². The van der Waals surface area contributed by atoms with Gasteiger partial charge in [-0.2, -0.15) is 14.1 Å². The van der Waals surface area contributed by atoms with Gasteiger partial charge in [0, 0.05) is 31.2 Å². The predicted octanol–water partition coefficient (Wildman–Crippen LogP) is 2.53. The summed E-state index contributed by atoms with van der Waals surface area (Å²) in [6.07, 6.45) is 1.38. The Morgan fingerprint density at radius 2 is 1.77 bits per heavy atom. The molecule has 3 rings (SSSR count). The van der Waals surface area contributed by atoms with Gasteiger partial charge in [-0.1, -0.05) is 17.7 Å². The Kier molecular flexibility index (Phi) is 6.74. The van der Waals surface area contributed by atoms with Gasteiger partial charge in [-0.05, 0) is 45.9 Å². The van der Waals surface area contributed by atoms with Gasteiger partial charge in [-0.15, -0.1) is 0 Å². The molecule has 164 valence electrons. The number of ether oxygens (including phenoxy) is 1. The molecule has 0 unspecified atom stereocenters. The molecule has 0 spiro atoms. The molecule has 1 aliphatic rings. The summed E-state index contributed by atoms with van der Waals surface area (Å²) >= 11 is 6.06. The van der Waals surface area contributed by atoms with Crippen LogP contribution in [0.3, 0.4) is 0 Å². The van der Waals surface area contributed by atoms with E-state index in [2.05, 4.69) is 5.10 Å². The highest BCUT2D eigenvalue weighted by Gasteiger charge is 2.31. The molecule has 0 bridgehead atoms. The maximum atomic E-state index is 13.2. The lowest BCUT2D eigenvalue weighted by molar-refractivity contribution is 0.237. The highest BCUT2D eigenvalue weighted by atomic mass is 35.5. The number of hydrogen-bond acceptors (Lipinski definition) is 6. The molecule has 1 fully saturated rings. The molecule has 0 saturated carbocycles. The van der Waals surface area contributed by atoms with Crippen LogP contribution in [0.15, 0.2) is 35.3 Å². The van der Waals surface area contributed by atoms with Crippen molar-refractivity contribution in [2.75, 3.05) is 31.1 Å². The number of aromatic nitrogens is 2. The third-order valence-electron chi connectivity index (χ3n) is 4.86. The van der Waals surface area contributed by atoms with Gasteiger partial charge in [0.1, 0.15) is 5.69 Å². The maximum absolute atomic E-state index is 13.2. The molecular formula is C20H27ClN4O4S. The maximum Gasteiger partial charge on any atom is 0.316 e. The largest absolute Gasteiger partial charge is 0.483 e. The molecule has 2 heterocycles. The molecule has 0 radical (unpaired) electrons. The van der Waals surface area contributed by atoms with Crippen molar-refractivity contribution in [1.82, 2.24) is 14.1 Å². The number of piperazine rings is 1. The van der Waals surface area contributed by atoms with Crippen LogP contribution >= 0.6 is 11.6 Å². The van der Waals surface area contributed by atoms with Crippen LogP contribution in [0, 0.1) is 0 Å². The first-order valence-electron chi connectivity index (χ1n) is 9.90. The molecule has 1 aromatic carbocycles. The Morgan fingerprint density at radius 1 is 1.10 bits per heavy atom. The summed E-state index contributed by atoms with van der Waals surface area (Å²) in [5.74, 6) is 0.195. The summed E-state index contributed by atoms with van der Waals surface area (Å²) in [6, 6.07) is 6.87. The minimum absolute atomic E-state index is 0.195. The number of rotatable bonds is 6. The molecular weight excluding hydrogens is 428 g/mol. The summed E-state index contributed by atoms with van der Waals surface area (Å²) in [6.45, 7) is 8.63. The van der Waals surface area contributed by atoms with Crippen molar-refractivity contribution in [3.8, 4) is 11.4 Å². The average Bonchev–Trinajstić information content (AvgIpc) is 2.69. The summed E-state index contributed by atoms with van der Waals surface area (Å²) in [4.78, 5) is 15.1. The molecule has 0 aliphatic carbocycles. The second kappa shape index (κ2) is 8.95. The Hall–Kier alpha value is -2.10. The van der Waals surface area contributed by atoms with Gasteiger partial charge in [-0.3, -0.25) is 4.79 Å². The Morgan fingerprint density at radius 3 is 2.33 bits per heavy atom. The lowest BCUT2D eigenvalue weighted by atomic mass is 10.3. The van der Waals surface area contributed by atoms with E-state index in [0.717, 1.165) is 0 Å². The van der Waals surface area contributed by atoms with Gasteiger partial charge >= 0.3 is 5.56 Å². The van der Waals surface area contributed by atoms with Gasteiger partial charge in [-0.25, -0.2) is 8.42 Å². The van der Waals surface area contributed by atoms with Gasteiger partial charge in [0.05, 0.1) is 23.2 Å². The Bertz CT molecular complexity index is 1060. The number of benzene rings is 1. The number of nitrogens with zero attached hydrogens (tertiary/aromatic N) is 4. The van der Waals surface area contributed by atoms with Crippen LogP contribution in [0.4, 0.5) is 5.69 Å². The van der Waals surface area contributed by atoms with Gasteiger partial charge in [0.15, 0.2) is 0 Å². The number of anilines is 1. The molecule has 0 atom stereocenters. The van der Waals surface area contributed by atoms with E-state index in [9.17, 15) is 13.2 Å². The lowest BCUT2D eigenvalue weighted by Crippen LogP contribution is -2.50. The van der Waals surface area contributed by atoms with Crippen molar-refractivity contribution in [2.24, 2.45) is 0 Å². The average molecular weight is 455 g/mol. The van der Waals surface area contributed by atoms with Crippen LogP contribution in [0.25, 0.3) is 5.69 Å². The second-order valence-corrected chi connectivity index (χ2v) is 10.6. The molecule has 8 nitrogen and oxygen atoms in total. The van der Waals surface area contributed by atoms with Crippen LogP contribution < -0.4 is 15.2 Å². The summed E-state index contributed by atoms with van der Waals surface area (Å²) in [7, 11) is -3.31. The van der Waals surface area contributed by atoms with Crippen LogP contribution in [0.1, 0.15) is 27.7 Å². The fourth-order valence-electron chi connectivity index (χ4n) is 3.27. The van der Waals surface area contributed by atoms with E-state index in [-0.39, 0.29) is 17.4 Å². The molecule has 0 amide bonds. The molecule has 10 heteroatoms. The number of sulfonamides is 1. The van der Waals surface area contributed by atoms with Crippen LogP contribution in [0.2, 0.25) is 5.02 Å². The van der Waals surface area contributed by atoms with E-state index in [4.69, 9.17) is 16.3 Å². The predicted molar refractivity (Wildman–Crippen MR) is 118 cm³/mol. The third kappa shape index (κ3) is 4.63. The first-order valence-corrected chi connectivity index (χ1v) is 11.8. The monoisotopic (exact) mass is 454 g/mol. The summed E-state index contributed by atoms with van der Waals surface area (Å²) < 4.78 is 33.5. The normalized spacial score (nSPS) is 15.8. The molecule has 1 aliphatic heterocycles. The molecule has 0 N–H and O–H groups in total. The molecule has 30 heavy (non-hydrogen) atoms. The van der Waals surface area contributed by atoms with E-state index in [1.54, 1.807) is 44.3 Å². The van der Waals surface area contributed by atoms with Crippen molar-refractivity contribution in [1.29, 1.82) is 0 Å². The zero-order chi connectivity index (χ0) is 22.1. The van der Waals surface area contributed by atoms with Crippen molar-refractivity contribution in [2.45, 2.75) is 39.0 Å². The second-order valence-electron chi connectivity index (χ2n) is 7.70. The lowest BCUT2D eigenvalue weighted by Gasteiger charge is -2.36. The van der Waals surface area contributed by atoms with E-state index in [1.165, 1.54) is 8.99 Å². The van der Waals surface area contributed by atoms with Crippen LogP contribution in [-0.4, -0.2) is 60.0 Å². The van der Waals surface area contributed by atoms with E-state index < -0.39 is 15.3 Å². The van der Waals surface area contributed by atoms with Crippen molar-refractivity contribution in [3.63, 3.8) is 0 Å². The fraction of sp³-hybridized carbons (Fsp3) is 0.500. The highest BCUT2D eigenvalue weighted by molar-refractivity contribution is 7.89. The first kappa shape index (κ1) is 22.6. The zero-order valence-electron chi connectivity index (χ0n) is 17.6. The highest BCUT2D eigenvalue weighted by Crippen LogP contribution is 2.27. The van der Waals surface area contributed by atoms with E-state index >= 15 is 0 Å². The van der Waals surface area contributed by atoms with Crippen LogP contribution in [0.5, 0.6) is 5.75 Å². The smallest absolute Gasteiger partial charge is 0.316 e. The summed E-state index contributed by atoms with van der Waals surface area (Å²) in [5, 5.41) is 4.35. The van der Waals surface area contributed by atoms with E-state index in [0.29, 0.717) is 42.6 Å². The molecule has 1 aromatic heterocycles. The number of halogens is 1. The van der Waals surface area contributed by atoms with Crippen molar-refractivity contribution in [3.05, 3.63) is 45.8 Å². The van der Waals surface area contributed by atoms with Gasteiger partial charge in [0.2, 0.25) is 15.8 Å². The summed E-state index contributed by atoms with van der Waals surface area (Å²) in [5.41, 5.74) is 0.717. The topological polar surface area (TPSA) is 84.7 Å². The Balaban J connectivity index is 1.94. The van der Waals surface area contributed by atoms with Gasteiger partial charge < -0.3 is 9.64 Å². The first-order chi connectivity index (χ1) is 14.1. The quantitative estimate of drug-likeness (QED) is 0.666. The van der Waals surface area contributed by atoms with Crippen molar-refractivity contribution >= 4 is 27.3 Å². The molecule has 1 saturated heterocycles.